The Kier molecular flexibility index (Phi) is 13.3. The van der Waals surface area contributed by atoms with E-state index in [-0.39, 0.29) is 17.3 Å². The Hall–Kier alpha value is -2.60. The van der Waals surface area contributed by atoms with Crippen molar-refractivity contribution in [2.24, 2.45) is 0 Å². The fourth-order valence-electron chi connectivity index (χ4n) is 5.73. The SMILES string of the molecule is CN(CCCCCCC1=C(c2ccc(F)cc2)CCCc2cc(O)c(F)cc21)CCCCS(=O)(=O)CCCC(F)(F)C(F)(F)F. The molecule has 0 radical (unpaired) electrons. The Morgan fingerprint density at radius 1 is 0.822 bits per heavy atom. The summed E-state index contributed by atoms with van der Waals surface area (Å²) >= 11 is 0. The number of phenolic OH excluding ortho intramolecular Hbond substituents is 1. The van der Waals surface area contributed by atoms with Crippen molar-refractivity contribution >= 4 is 21.0 Å². The maximum atomic E-state index is 14.4. The van der Waals surface area contributed by atoms with E-state index in [1.54, 1.807) is 12.1 Å². The molecular weight excluding hydrogens is 623 g/mol. The zero-order valence-corrected chi connectivity index (χ0v) is 26.4. The van der Waals surface area contributed by atoms with Crippen LogP contribution in [0.1, 0.15) is 87.3 Å². The molecule has 2 aromatic rings. The Balaban J connectivity index is 1.42. The molecule has 2 aromatic carbocycles. The van der Waals surface area contributed by atoms with Gasteiger partial charge in [-0.3, -0.25) is 0 Å². The van der Waals surface area contributed by atoms with Gasteiger partial charge in [-0.05, 0) is 130 Å². The molecule has 0 aliphatic heterocycles. The van der Waals surface area contributed by atoms with Gasteiger partial charge in [-0.2, -0.15) is 22.0 Å². The maximum absolute atomic E-state index is 14.4. The Labute approximate surface area is 261 Å². The number of aromatic hydroxyl groups is 1. The highest BCUT2D eigenvalue weighted by atomic mass is 32.2. The molecule has 1 aliphatic rings. The summed E-state index contributed by atoms with van der Waals surface area (Å²) in [6, 6.07) is 9.25. The number of fused-ring (bicyclic) bond motifs is 1. The van der Waals surface area contributed by atoms with Gasteiger partial charge in [0.05, 0.1) is 11.5 Å². The van der Waals surface area contributed by atoms with Gasteiger partial charge in [0.1, 0.15) is 15.7 Å². The molecule has 0 spiro atoms. The van der Waals surface area contributed by atoms with E-state index in [9.17, 15) is 44.3 Å². The molecule has 45 heavy (non-hydrogen) atoms. The highest BCUT2D eigenvalue weighted by molar-refractivity contribution is 7.91. The number of hydrogen-bond acceptors (Lipinski definition) is 4. The van der Waals surface area contributed by atoms with Crippen LogP contribution in [0.5, 0.6) is 5.75 Å². The first-order valence-corrected chi connectivity index (χ1v) is 17.2. The molecule has 0 atom stereocenters. The Morgan fingerprint density at radius 2 is 1.44 bits per heavy atom. The van der Waals surface area contributed by atoms with Crippen LogP contribution in [0.15, 0.2) is 36.4 Å². The van der Waals surface area contributed by atoms with Crippen LogP contribution in [0, 0.1) is 11.6 Å². The van der Waals surface area contributed by atoms with Gasteiger partial charge in [0.15, 0.2) is 11.6 Å². The fraction of sp³-hybridized carbons (Fsp3) is 0.576. The number of alkyl halides is 5. The van der Waals surface area contributed by atoms with Crippen molar-refractivity contribution < 1.29 is 44.3 Å². The molecule has 0 unspecified atom stereocenters. The van der Waals surface area contributed by atoms with Crippen molar-refractivity contribution in [1.29, 1.82) is 0 Å². The van der Waals surface area contributed by atoms with Crippen molar-refractivity contribution in [1.82, 2.24) is 4.90 Å². The lowest BCUT2D eigenvalue weighted by atomic mass is 9.89. The molecule has 0 aromatic heterocycles. The van der Waals surface area contributed by atoms with Crippen LogP contribution in [0.2, 0.25) is 0 Å². The van der Waals surface area contributed by atoms with Gasteiger partial charge in [0.25, 0.3) is 0 Å². The lowest BCUT2D eigenvalue weighted by molar-refractivity contribution is -0.284. The minimum atomic E-state index is -5.68. The summed E-state index contributed by atoms with van der Waals surface area (Å²) < 4.78 is 115. The summed E-state index contributed by atoms with van der Waals surface area (Å²) in [5, 5.41) is 9.95. The smallest absolute Gasteiger partial charge is 0.453 e. The summed E-state index contributed by atoms with van der Waals surface area (Å²) in [5.74, 6) is -7.19. The van der Waals surface area contributed by atoms with Crippen LogP contribution in [-0.2, 0) is 16.3 Å². The predicted octanol–water partition coefficient (Wildman–Crippen LogP) is 8.97. The second-order valence-corrected chi connectivity index (χ2v) is 14.2. The summed E-state index contributed by atoms with van der Waals surface area (Å²) in [4.78, 5) is 2.07. The number of unbranched alkanes of at least 4 members (excludes halogenated alkanes) is 4. The van der Waals surface area contributed by atoms with Gasteiger partial charge < -0.3 is 10.0 Å². The zero-order chi connectivity index (χ0) is 33.3. The molecule has 0 fully saturated rings. The second kappa shape index (κ2) is 16.3. The van der Waals surface area contributed by atoms with E-state index in [4.69, 9.17) is 0 Å². The highest BCUT2D eigenvalue weighted by Gasteiger charge is 2.56. The molecule has 0 amide bonds. The summed E-state index contributed by atoms with van der Waals surface area (Å²) in [5.41, 5.74) is 4.70. The minimum absolute atomic E-state index is 0.249. The average molecular weight is 666 g/mol. The molecule has 3 rings (SSSR count). The minimum Gasteiger partial charge on any atom is -0.505 e. The van der Waals surface area contributed by atoms with Crippen LogP contribution < -0.4 is 0 Å². The van der Waals surface area contributed by atoms with E-state index >= 15 is 0 Å². The number of rotatable bonds is 17. The standard InChI is InChI=1S/C33H42F7NO3S/c1-41(19-6-7-20-45(43,44)21-9-17-32(36,37)33(38,39)40)18-5-3-2-4-11-28-27(24-13-15-26(34)16-14-24)12-8-10-25-22-31(42)30(35)23-29(25)28/h13-16,22-23,42H,2-12,17-21H2,1H3. The van der Waals surface area contributed by atoms with Crippen molar-refractivity contribution in [2.45, 2.75) is 89.1 Å². The first-order valence-electron chi connectivity index (χ1n) is 15.4. The third-order valence-corrected chi connectivity index (χ3v) is 10.1. The number of benzene rings is 2. The van der Waals surface area contributed by atoms with Crippen LogP contribution in [-0.4, -0.2) is 62.2 Å². The molecule has 12 heteroatoms. The molecule has 0 saturated carbocycles. The van der Waals surface area contributed by atoms with Crippen LogP contribution in [0.25, 0.3) is 11.1 Å². The van der Waals surface area contributed by atoms with Gasteiger partial charge in [-0.15, -0.1) is 0 Å². The lowest BCUT2D eigenvalue weighted by Crippen LogP contribution is -2.36. The first kappa shape index (κ1) is 36.9. The fourth-order valence-corrected chi connectivity index (χ4v) is 7.16. The highest BCUT2D eigenvalue weighted by Crippen LogP contribution is 2.41. The lowest BCUT2D eigenvalue weighted by Gasteiger charge is -2.19. The van der Waals surface area contributed by atoms with Crippen molar-refractivity contribution in [3.8, 4) is 5.75 Å². The third kappa shape index (κ3) is 11.3. The molecule has 4 nitrogen and oxygen atoms in total. The average Bonchev–Trinajstić information content (AvgIpc) is 3.12. The first-order chi connectivity index (χ1) is 21.1. The normalized spacial score (nSPS) is 14.6. The topological polar surface area (TPSA) is 57.6 Å². The zero-order valence-electron chi connectivity index (χ0n) is 25.5. The molecule has 1 aliphatic carbocycles. The largest absolute Gasteiger partial charge is 0.505 e. The monoisotopic (exact) mass is 665 g/mol. The van der Waals surface area contributed by atoms with Crippen LogP contribution in [0.3, 0.4) is 0 Å². The van der Waals surface area contributed by atoms with E-state index in [1.165, 1.54) is 24.3 Å². The van der Waals surface area contributed by atoms with Gasteiger partial charge in [-0.1, -0.05) is 25.0 Å². The van der Waals surface area contributed by atoms with E-state index in [0.29, 0.717) is 32.2 Å². The number of nitrogens with zero attached hydrogens (tertiary/aromatic N) is 1. The van der Waals surface area contributed by atoms with Gasteiger partial charge in [0.2, 0.25) is 0 Å². The molecule has 0 saturated heterocycles. The number of phenols is 1. The van der Waals surface area contributed by atoms with E-state index in [0.717, 1.165) is 72.9 Å². The number of sulfone groups is 1. The summed E-state index contributed by atoms with van der Waals surface area (Å²) in [6.45, 7) is 1.42. The maximum Gasteiger partial charge on any atom is 0.453 e. The van der Waals surface area contributed by atoms with Gasteiger partial charge in [0, 0.05) is 6.42 Å². The summed E-state index contributed by atoms with van der Waals surface area (Å²) in [6.07, 6.45) is -0.468. The molecule has 0 heterocycles. The number of hydrogen-bond donors (Lipinski definition) is 1. The quantitative estimate of drug-likeness (QED) is 0.135. The van der Waals surface area contributed by atoms with Gasteiger partial charge >= 0.3 is 12.1 Å². The van der Waals surface area contributed by atoms with E-state index < -0.39 is 46.3 Å². The molecule has 252 valence electrons. The van der Waals surface area contributed by atoms with Crippen molar-refractivity contribution in [3.63, 3.8) is 0 Å². The van der Waals surface area contributed by atoms with E-state index in [1.807, 2.05) is 7.05 Å². The van der Waals surface area contributed by atoms with E-state index in [2.05, 4.69) is 4.90 Å². The number of allylic oxidation sites excluding steroid dienone is 2. The van der Waals surface area contributed by atoms with Crippen LogP contribution in [0.4, 0.5) is 30.7 Å². The van der Waals surface area contributed by atoms with Gasteiger partial charge in [-0.25, -0.2) is 17.2 Å². The third-order valence-electron chi connectivity index (χ3n) is 8.25. The second-order valence-electron chi connectivity index (χ2n) is 11.9. The van der Waals surface area contributed by atoms with Crippen LogP contribution >= 0.6 is 0 Å². The summed E-state index contributed by atoms with van der Waals surface area (Å²) in [7, 11) is -1.79. The Morgan fingerprint density at radius 3 is 2.11 bits per heavy atom. The number of aryl methyl sites for hydroxylation is 1. The Bertz CT molecular complexity index is 1390. The van der Waals surface area contributed by atoms with Crippen molar-refractivity contribution in [3.05, 3.63) is 64.7 Å². The molecule has 1 N–H and O–H groups in total. The molecular formula is C33H42F7NO3S. The van der Waals surface area contributed by atoms with Crippen molar-refractivity contribution in [2.75, 3.05) is 31.6 Å². The number of halogens is 7. The molecule has 0 bridgehead atoms. The predicted molar refractivity (Wildman–Crippen MR) is 163 cm³/mol.